The second-order valence-corrected chi connectivity index (χ2v) is 7.80. The Bertz CT molecular complexity index is 1170. The fraction of sp³-hybridized carbons (Fsp3) is 0.192. The van der Waals surface area contributed by atoms with Crippen LogP contribution in [-0.4, -0.2) is 24.6 Å². The zero-order chi connectivity index (χ0) is 24.3. The van der Waals surface area contributed by atoms with Crippen molar-refractivity contribution in [3.05, 3.63) is 88.4 Å². The van der Waals surface area contributed by atoms with Crippen LogP contribution in [-0.2, 0) is 16.2 Å². The number of benzene rings is 3. The summed E-state index contributed by atoms with van der Waals surface area (Å²) >= 11 is 6.05. The molecule has 34 heavy (non-hydrogen) atoms. The fourth-order valence-electron chi connectivity index (χ4n) is 2.97. The largest absolute Gasteiger partial charge is 0.490 e. The van der Waals surface area contributed by atoms with E-state index in [-0.39, 0.29) is 6.42 Å². The Morgan fingerprint density at radius 3 is 2.50 bits per heavy atom. The number of hydrogen-bond donors (Lipinski definition) is 2. The van der Waals surface area contributed by atoms with Gasteiger partial charge in [-0.05, 0) is 60.9 Å². The Morgan fingerprint density at radius 1 is 0.971 bits per heavy atom. The maximum absolute atomic E-state index is 12.1. The van der Waals surface area contributed by atoms with Crippen LogP contribution in [0.5, 0.6) is 11.5 Å². The number of amides is 2. The molecule has 2 amide bonds. The number of carbonyl (C=O) groups is 2. The summed E-state index contributed by atoms with van der Waals surface area (Å²) in [5.41, 5.74) is 5.53. The highest BCUT2D eigenvalue weighted by atomic mass is 35.5. The lowest BCUT2D eigenvalue weighted by molar-refractivity contribution is -0.126. The second-order valence-electron chi connectivity index (χ2n) is 7.40. The summed E-state index contributed by atoms with van der Waals surface area (Å²) in [5.74, 6) is 0.176. The van der Waals surface area contributed by atoms with Gasteiger partial charge in [0.1, 0.15) is 13.0 Å². The molecule has 0 radical (unpaired) electrons. The smallest absolute Gasteiger partial charge is 0.249 e. The van der Waals surface area contributed by atoms with Crippen molar-refractivity contribution >= 4 is 35.3 Å². The Balaban J connectivity index is 1.53. The van der Waals surface area contributed by atoms with Crippen LogP contribution in [0.4, 0.5) is 5.69 Å². The van der Waals surface area contributed by atoms with Crippen LogP contribution in [0.3, 0.4) is 0 Å². The van der Waals surface area contributed by atoms with Crippen molar-refractivity contribution in [1.82, 2.24) is 5.43 Å². The molecule has 2 N–H and O–H groups in total. The molecular formula is C26H26ClN3O4. The number of halogens is 1. The van der Waals surface area contributed by atoms with Crippen LogP contribution < -0.4 is 20.2 Å². The molecule has 0 aliphatic carbocycles. The fourth-order valence-corrected chi connectivity index (χ4v) is 3.15. The third-order valence-electron chi connectivity index (χ3n) is 4.68. The molecule has 0 unspecified atom stereocenters. The highest BCUT2D eigenvalue weighted by Crippen LogP contribution is 2.29. The van der Waals surface area contributed by atoms with Crippen molar-refractivity contribution in [1.29, 1.82) is 0 Å². The van der Waals surface area contributed by atoms with E-state index in [1.807, 2.05) is 44.2 Å². The summed E-state index contributed by atoms with van der Waals surface area (Å²) in [7, 11) is 0. The minimum atomic E-state index is -0.542. The van der Waals surface area contributed by atoms with E-state index in [0.717, 1.165) is 11.1 Å². The molecule has 0 atom stereocenters. The normalized spacial score (nSPS) is 10.7. The van der Waals surface area contributed by atoms with Crippen molar-refractivity contribution in [3.63, 3.8) is 0 Å². The molecule has 0 saturated carbocycles. The minimum Gasteiger partial charge on any atom is -0.490 e. The summed E-state index contributed by atoms with van der Waals surface area (Å²) < 4.78 is 11.6. The van der Waals surface area contributed by atoms with Gasteiger partial charge in [-0.2, -0.15) is 5.10 Å². The van der Waals surface area contributed by atoms with Gasteiger partial charge in [0.2, 0.25) is 11.8 Å². The number of carbonyl (C=O) groups excluding carboxylic acids is 2. The Labute approximate surface area is 203 Å². The number of hydrogen-bond acceptors (Lipinski definition) is 5. The van der Waals surface area contributed by atoms with E-state index >= 15 is 0 Å². The van der Waals surface area contributed by atoms with Crippen LogP contribution >= 0.6 is 11.6 Å². The monoisotopic (exact) mass is 479 g/mol. The molecule has 176 valence electrons. The quantitative estimate of drug-likeness (QED) is 0.240. The maximum atomic E-state index is 12.1. The number of rotatable bonds is 10. The third kappa shape index (κ3) is 7.64. The van der Waals surface area contributed by atoms with Crippen LogP contribution in [0.25, 0.3) is 0 Å². The average molecular weight is 480 g/mol. The molecule has 7 nitrogen and oxygen atoms in total. The molecule has 0 fully saturated rings. The number of nitrogens with one attached hydrogen (secondary N) is 2. The molecule has 0 spiro atoms. The second kappa shape index (κ2) is 12.4. The van der Waals surface area contributed by atoms with Crippen molar-refractivity contribution in [2.75, 3.05) is 11.9 Å². The van der Waals surface area contributed by atoms with Crippen molar-refractivity contribution in [2.24, 2.45) is 5.10 Å². The predicted octanol–water partition coefficient (Wildman–Crippen LogP) is 5.11. The highest BCUT2D eigenvalue weighted by molar-refractivity contribution is 6.31. The number of ether oxygens (including phenoxy) is 2. The Hall–Kier alpha value is -3.84. The van der Waals surface area contributed by atoms with Gasteiger partial charge in [-0.25, -0.2) is 5.43 Å². The van der Waals surface area contributed by atoms with E-state index in [2.05, 4.69) is 15.8 Å². The van der Waals surface area contributed by atoms with Gasteiger partial charge in [-0.1, -0.05) is 48.0 Å². The molecule has 0 aromatic heterocycles. The Morgan fingerprint density at radius 2 is 1.76 bits per heavy atom. The lowest BCUT2D eigenvalue weighted by Gasteiger charge is -2.12. The number of aryl methyl sites for hydroxylation is 1. The third-order valence-corrected chi connectivity index (χ3v) is 5.09. The molecule has 0 aliphatic heterocycles. The van der Waals surface area contributed by atoms with Crippen LogP contribution in [0.2, 0.25) is 5.02 Å². The lowest BCUT2D eigenvalue weighted by Crippen LogP contribution is -2.24. The van der Waals surface area contributed by atoms with Gasteiger partial charge in [0.05, 0.1) is 12.8 Å². The minimum absolute atomic E-state index is 0.376. The molecule has 0 heterocycles. The average Bonchev–Trinajstić information content (AvgIpc) is 2.82. The summed E-state index contributed by atoms with van der Waals surface area (Å²) in [4.78, 5) is 24.1. The van der Waals surface area contributed by atoms with Crippen molar-refractivity contribution in [3.8, 4) is 11.5 Å². The van der Waals surface area contributed by atoms with E-state index in [1.54, 1.807) is 36.4 Å². The molecule has 3 aromatic rings. The first-order valence-electron chi connectivity index (χ1n) is 10.8. The SMILES string of the molecule is CCOc1cc(C=NNC(=O)CC(=O)Nc2ccc(C)c(Cl)c2)ccc1OCc1ccccc1. The summed E-state index contributed by atoms with van der Waals surface area (Å²) in [6, 6.07) is 20.3. The van der Waals surface area contributed by atoms with Crippen LogP contribution in [0, 0.1) is 6.92 Å². The van der Waals surface area contributed by atoms with Gasteiger partial charge in [0.25, 0.3) is 0 Å². The zero-order valence-corrected chi connectivity index (χ0v) is 19.8. The zero-order valence-electron chi connectivity index (χ0n) is 19.0. The molecular weight excluding hydrogens is 454 g/mol. The van der Waals surface area contributed by atoms with Crippen molar-refractivity contribution in [2.45, 2.75) is 26.9 Å². The summed E-state index contributed by atoms with van der Waals surface area (Å²) in [6.07, 6.45) is 1.10. The summed E-state index contributed by atoms with van der Waals surface area (Å²) in [5, 5.41) is 7.10. The van der Waals surface area contributed by atoms with E-state index < -0.39 is 11.8 Å². The molecule has 0 aliphatic rings. The van der Waals surface area contributed by atoms with Crippen molar-refractivity contribution < 1.29 is 19.1 Å². The molecule has 3 aromatic carbocycles. The molecule has 8 heteroatoms. The topological polar surface area (TPSA) is 89.0 Å². The standard InChI is InChI=1S/C26H26ClN3O4/c1-3-33-24-13-20(10-12-23(24)34-17-19-7-5-4-6-8-19)16-28-30-26(32)15-25(31)29-21-11-9-18(2)22(27)14-21/h4-14,16H,3,15,17H2,1-2H3,(H,29,31)(H,30,32). The van der Waals surface area contributed by atoms with E-state index in [0.29, 0.717) is 41.0 Å². The van der Waals surface area contributed by atoms with Gasteiger partial charge in [0, 0.05) is 10.7 Å². The van der Waals surface area contributed by atoms with Gasteiger partial charge in [-0.15, -0.1) is 0 Å². The molecule has 3 rings (SSSR count). The van der Waals surface area contributed by atoms with E-state index in [1.165, 1.54) is 6.21 Å². The number of anilines is 1. The van der Waals surface area contributed by atoms with Gasteiger partial charge >= 0.3 is 0 Å². The van der Waals surface area contributed by atoms with E-state index in [9.17, 15) is 9.59 Å². The Kier molecular flexibility index (Phi) is 9.05. The highest BCUT2D eigenvalue weighted by Gasteiger charge is 2.10. The molecule has 0 saturated heterocycles. The lowest BCUT2D eigenvalue weighted by atomic mass is 10.2. The number of hydrazone groups is 1. The molecule has 0 bridgehead atoms. The number of nitrogens with zero attached hydrogens (tertiary/aromatic N) is 1. The first-order chi connectivity index (χ1) is 16.4. The maximum Gasteiger partial charge on any atom is 0.249 e. The van der Waals surface area contributed by atoms with E-state index in [4.69, 9.17) is 21.1 Å². The van der Waals surface area contributed by atoms with Gasteiger partial charge in [-0.3, -0.25) is 9.59 Å². The first-order valence-corrected chi connectivity index (χ1v) is 11.1. The predicted molar refractivity (Wildman–Crippen MR) is 134 cm³/mol. The first kappa shape index (κ1) is 24.8. The van der Waals surface area contributed by atoms with Gasteiger partial charge < -0.3 is 14.8 Å². The van der Waals surface area contributed by atoms with Crippen LogP contribution in [0.15, 0.2) is 71.8 Å². The van der Waals surface area contributed by atoms with Crippen LogP contribution in [0.1, 0.15) is 30.0 Å². The van der Waals surface area contributed by atoms with Gasteiger partial charge in [0.15, 0.2) is 11.5 Å². The summed E-state index contributed by atoms with van der Waals surface area (Å²) in [6.45, 7) is 4.64.